The molecule has 0 saturated heterocycles. The largest absolute Gasteiger partial charge is 0.457 e. The number of fused-ring (bicyclic) bond motifs is 1. The molecule has 1 aliphatic rings. The van der Waals surface area contributed by atoms with Crippen molar-refractivity contribution in [3.63, 3.8) is 0 Å². The van der Waals surface area contributed by atoms with Crippen molar-refractivity contribution < 1.29 is 23.5 Å². The van der Waals surface area contributed by atoms with Crippen molar-refractivity contribution in [1.82, 2.24) is 0 Å². The fraction of sp³-hybridized carbons (Fsp3) is 0. The molecule has 3 aromatic rings. The first-order chi connectivity index (χ1) is 13.0. The van der Waals surface area contributed by atoms with Gasteiger partial charge in [-0.25, -0.2) is 4.79 Å². The summed E-state index contributed by atoms with van der Waals surface area (Å²) in [6.07, 6.45) is 2.89. The van der Waals surface area contributed by atoms with Crippen LogP contribution in [0.15, 0.2) is 65.0 Å². The number of Topliss-reactive ketones (excluding diaryl/α,β-unsaturated/α-hetero) is 1. The van der Waals surface area contributed by atoms with Gasteiger partial charge >= 0.3 is 5.97 Å². The monoisotopic (exact) mass is 400 g/mol. The Balaban J connectivity index is 1.60. The molecule has 0 bridgehead atoms. The molecule has 0 radical (unpaired) electrons. The number of hydrogen-bond donors (Lipinski definition) is 0. The first-order valence-electron chi connectivity index (χ1n) is 7.81. The molecular weight excluding hydrogens is 391 g/mol. The van der Waals surface area contributed by atoms with Crippen molar-refractivity contribution in [1.29, 1.82) is 0 Å². The lowest BCUT2D eigenvalue weighted by atomic mass is 10.1. The molecule has 1 aliphatic heterocycles. The first kappa shape index (κ1) is 17.4. The Morgan fingerprint density at radius 2 is 1.93 bits per heavy atom. The van der Waals surface area contributed by atoms with Crippen LogP contribution in [0, 0.1) is 0 Å². The van der Waals surface area contributed by atoms with Crippen LogP contribution < -0.4 is 9.47 Å². The van der Waals surface area contributed by atoms with Crippen LogP contribution in [0.25, 0.3) is 6.08 Å². The summed E-state index contributed by atoms with van der Waals surface area (Å²) in [5, 5.41) is 0.702. The van der Waals surface area contributed by atoms with E-state index in [2.05, 4.69) is 0 Å². The number of allylic oxidation sites excluding steroid dienone is 1. The highest BCUT2D eigenvalue weighted by Crippen LogP contribution is 2.36. The summed E-state index contributed by atoms with van der Waals surface area (Å²) in [5.74, 6) is -0.262. The zero-order chi connectivity index (χ0) is 19.0. The Morgan fingerprint density at radius 3 is 2.70 bits per heavy atom. The molecule has 2 heterocycles. The lowest BCUT2D eigenvalue weighted by Crippen LogP contribution is -2.07. The van der Waals surface area contributed by atoms with Crippen LogP contribution in [-0.4, -0.2) is 11.8 Å². The second kappa shape index (κ2) is 6.95. The normalized spacial score (nSPS) is 14.1. The van der Waals surface area contributed by atoms with Crippen molar-refractivity contribution in [3.8, 4) is 11.5 Å². The third-order valence-corrected chi connectivity index (χ3v) is 4.68. The highest BCUT2D eigenvalue weighted by Gasteiger charge is 2.28. The highest BCUT2D eigenvalue weighted by molar-refractivity contribution is 6.43. The number of benzene rings is 2. The van der Waals surface area contributed by atoms with E-state index in [1.165, 1.54) is 36.6 Å². The molecule has 27 heavy (non-hydrogen) atoms. The fourth-order valence-corrected chi connectivity index (χ4v) is 2.92. The zero-order valence-electron chi connectivity index (χ0n) is 13.6. The summed E-state index contributed by atoms with van der Waals surface area (Å²) in [7, 11) is 0. The molecular formula is C20H10Cl2O5. The maximum atomic E-state index is 12.5. The Morgan fingerprint density at radius 1 is 1.07 bits per heavy atom. The zero-order valence-corrected chi connectivity index (χ0v) is 15.1. The molecule has 0 fully saturated rings. The van der Waals surface area contributed by atoms with E-state index < -0.39 is 5.97 Å². The maximum absolute atomic E-state index is 12.5. The molecule has 0 unspecified atom stereocenters. The molecule has 134 valence electrons. The molecule has 4 rings (SSSR count). The molecule has 0 spiro atoms. The molecule has 5 nitrogen and oxygen atoms in total. The minimum Gasteiger partial charge on any atom is -0.457 e. The van der Waals surface area contributed by atoms with Gasteiger partial charge in [-0.2, -0.15) is 0 Å². The molecule has 1 aromatic heterocycles. The fourth-order valence-electron chi connectivity index (χ4n) is 2.56. The van der Waals surface area contributed by atoms with Crippen LogP contribution in [0.1, 0.15) is 26.5 Å². The Labute approximate surface area is 163 Å². The summed E-state index contributed by atoms with van der Waals surface area (Å²) >= 11 is 12.1. The number of esters is 1. The van der Waals surface area contributed by atoms with Gasteiger partial charge in [0.25, 0.3) is 0 Å². The second-order valence-electron chi connectivity index (χ2n) is 5.61. The van der Waals surface area contributed by atoms with Crippen molar-refractivity contribution in [2.24, 2.45) is 0 Å². The molecule has 0 N–H and O–H groups in total. The van der Waals surface area contributed by atoms with E-state index in [4.69, 9.17) is 37.1 Å². The minimum absolute atomic E-state index is 0.0728. The lowest BCUT2D eigenvalue weighted by molar-refractivity contribution is 0.0701. The molecule has 0 amide bonds. The predicted octanol–water partition coefficient (Wildman–Crippen LogP) is 5.42. The number of ether oxygens (including phenoxy) is 2. The van der Waals surface area contributed by atoms with Gasteiger partial charge in [0.15, 0.2) is 5.76 Å². The number of ketones is 1. The van der Waals surface area contributed by atoms with Gasteiger partial charge in [0.1, 0.15) is 11.5 Å². The summed E-state index contributed by atoms with van der Waals surface area (Å²) in [6.45, 7) is 0. The Bertz CT molecular complexity index is 1080. The van der Waals surface area contributed by atoms with Gasteiger partial charge in [-0.1, -0.05) is 35.3 Å². The molecule has 0 atom stereocenters. The third-order valence-electron chi connectivity index (χ3n) is 3.84. The molecule has 2 aromatic carbocycles. The Hall–Kier alpha value is -3.02. The van der Waals surface area contributed by atoms with Gasteiger partial charge in [0.2, 0.25) is 11.5 Å². The molecule has 0 saturated carbocycles. The summed E-state index contributed by atoms with van der Waals surface area (Å²) in [6, 6.07) is 12.7. The number of hydrogen-bond acceptors (Lipinski definition) is 5. The van der Waals surface area contributed by atoms with E-state index in [-0.39, 0.29) is 28.8 Å². The Kier molecular flexibility index (Phi) is 4.48. The standard InChI is InChI=1S/C20H10Cl2O5/c21-14-4-1-3-11(18(14)22)9-17-19(23)13-7-6-12(10-16(13)27-17)26-20(24)15-5-2-8-25-15/h1-10H/b17-9-. The number of furan rings is 1. The van der Waals surface area contributed by atoms with E-state index in [9.17, 15) is 9.59 Å². The minimum atomic E-state index is -0.647. The number of carbonyl (C=O) groups is 2. The van der Waals surface area contributed by atoms with Gasteiger partial charge in [0.05, 0.1) is 21.9 Å². The van der Waals surface area contributed by atoms with Gasteiger partial charge in [-0.05, 0) is 42.0 Å². The van der Waals surface area contributed by atoms with E-state index in [0.29, 0.717) is 21.2 Å². The van der Waals surface area contributed by atoms with Gasteiger partial charge in [-0.3, -0.25) is 4.79 Å². The van der Waals surface area contributed by atoms with Crippen LogP contribution in [0.4, 0.5) is 0 Å². The highest BCUT2D eigenvalue weighted by atomic mass is 35.5. The van der Waals surface area contributed by atoms with E-state index in [0.717, 1.165) is 0 Å². The van der Waals surface area contributed by atoms with E-state index in [1.54, 1.807) is 24.3 Å². The van der Waals surface area contributed by atoms with Gasteiger partial charge in [0, 0.05) is 6.07 Å². The number of halogens is 2. The van der Waals surface area contributed by atoms with E-state index >= 15 is 0 Å². The third kappa shape index (κ3) is 3.35. The summed E-state index contributed by atoms with van der Waals surface area (Å²) < 4.78 is 15.8. The average Bonchev–Trinajstić information content (AvgIpc) is 3.28. The van der Waals surface area contributed by atoms with Crippen LogP contribution in [0.5, 0.6) is 11.5 Å². The summed E-state index contributed by atoms with van der Waals surface area (Å²) in [5.41, 5.74) is 0.919. The van der Waals surface area contributed by atoms with Crippen LogP contribution in [-0.2, 0) is 0 Å². The van der Waals surface area contributed by atoms with Gasteiger partial charge in [-0.15, -0.1) is 0 Å². The number of carbonyl (C=O) groups excluding carboxylic acids is 2. The summed E-state index contributed by atoms with van der Waals surface area (Å²) in [4.78, 5) is 24.5. The van der Waals surface area contributed by atoms with Crippen LogP contribution in [0.3, 0.4) is 0 Å². The van der Waals surface area contributed by atoms with Crippen molar-refractivity contribution in [3.05, 3.63) is 87.5 Å². The predicted molar refractivity (Wildman–Crippen MR) is 99.5 cm³/mol. The first-order valence-corrected chi connectivity index (χ1v) is 8.56. The van der Waals surface area contributed by atoms with Crippen molar-refractivity contribution in [2.45, 2.75) is 0 Å². The molecule has 0 aliphatic carbocycles. The van der Waals surface area contributed by atoms with E-state index in [1.807, 2.05) is 0 Å². The van der Waals surface area contributed by atoms with Gasteiger partial charge < -0.3 is 13.9 Å². The topological polar surface area (TPSA) is 65.7 Å². The smallest absolute Gasteiger partial charge is 0.379 e. The molecule has 7 heteroatoms. The number of rotatable bonds is 3. The maximum Gasteiger partial charge on any atom is 0.379 e. The van der Waals surface area contributed by atoms with Crippen LogP contribution in [0.2, 0.25) is 10.0 Å². The average molecular weight is 401 g/mol. The van der Waals surface area contributed by atoms with Crippen LogP contribution >= 0.6 is 23.2 Å². The van der Waals surface area contributed by atoms with Crippen molar-refractivity contribution in [2.75, 3.05) is 0 Å². The SMILES string of the molecule is O=C(Oc1ccc2c(c1)O/C(=C\c1cccc(Cl)c1Cl)C2=O)c1ccco1. The van der Waals surface area contributed by atoms with Crippen molar-refractivity contribution >= 4 is 41.0 Å². The second-order valence-corrected chi connectivity index (χ2v) is 6.39. The quantitative estimate of drug-likeness (QED) is 0.333. The lowest BCUT2D eigenvalue weighted by Gasteiger charge is -2.04.